The maximum atomic E-state index is 5.78. The predicted octanol–water partition coefficient (Wildman–Crippen LogP) is 1.78. The highest BCUT2D eigenvalue weighted by Crippen LogP contribution is 2.19. The van der Waals surface area contributed by atoms with Gasteiger partial charge in [0.2, 0.25) is 0 Å². The van der Waals surface area contributed by atoms with Gasteiger partial charge in [-0.15, -0.1) is 0 Å². The molecule has 0 aliphatic heterocycles. The van der Waals surface area contributed by atoms with E-state index >= 15 is 0 Å². The molecule has 0 atom stereocenters. The second-order valence-corrected chi connectivity index (χ2v) is 3.43. The van der Waals surface area contributed by atoms with Crippen molar-refractivity contribution in [2.75, 3.05) is 18.2 Å². The van der Waals surface area contributed by atoms with E-state index in [0.29, 0.717) is 17.2 Å². The van der Waals surface area contributed by atoms with Crippen LogP contribution < -0.4 is 11.1 Å². The van der Waals surface area contributed by atoms with Gasteiger partial charge in [0.25, 0.3) is 0 Å². The Hall–Kier alpha value is -2.63. The van der Waals surface area contributed by atoms with Gasteiger partial charge >= 0.3 is 0 Å². The third-order valence-electron chi connectivity index (χ3n) is 2.24. The lowest BCUT2D eigenvalue weighted by molar-refractivity contribution is 0.215. The van der Waals surface area contributed by atoms with Gasteiger partial charge in [0.05, 0.1) is 11.8 Å². The maximum absolute atomic E-state index is 5.78. The first-order valence-electron chi connectivity index (χ1n) is 5.30. The molecule has 3 N–H and O–H groups in total. The molecule has 0 saturated heterocycles. The quantitative estimate of drug-likeness (QED) is 0.631. The van der Waals surface area contributed by atoms with Crippen molar-refractivity contribution in [3.8, 4) is 0 Å². The van der Waals surface area contributed by atoms with E-state index in [1.807, 2.05) is 30.3 Å². The molecular weight excluding hydrogens is 230 g/mol. The standard InChI is InChI=1S/C12H13N5O/c1-18-16-7-10-11(13)14-8-15-12(10)17-9-5-3-2-4-6-9/h2-8H,1H3,(H3,13,14,15,17). The predicted molar refractivity (Wildman–Crippen MR) is 70.8 cm³/mol. The van der Waals surface area contributed by atoms with E-state index in [4.69, 9.17) is 5.73 Å². The summed E-state index contributed by atoms with van der Waals surface area (Å²) in [5, 5.41) is 6.82. The van der Waals surface area contributed by atoms with Crippen LogP contribution in [0.15, 0.2) is 41.8 Å². The number of anilines is 3. The van der Waals surface area contributed by atoms with Crippen molar-refractivity contribution in [1.29, 1.82) is 0 Å². The number of aromatic nitrogens is 2. The molecule has 0 amide bonds. The first-order chi connectivity index (χ1) is 8.81. The van der Waals surface area contributed by atoms with Gasteiger partial charge in [-0.1, -0.05) is 23.4 Å². The van der Waals surface area contributed by atoms with E-state index in [2.05, 4.69) is 25.3 Å². The van der Waals surface area contributed by atoms with E-state index < -0.39 is 0 Å². The zero-order chi connectivity index (χ0) is 12.8. The highest BCUT2D eigenvalue weighted by Gasteiger charge is 2.07. The number of nitrogens with two attached hydrogens (primary N) is 1. The van der Waals surface area contributed by atoms with Gasteiger partial charge in [0.1, 0.15) is 25.1 Å². The Morgan fingerprint density at radius 3 is 2.78 bits per heavy atom. The Balaban J connectivity index is 2.33. The summed E-state index contributed by atoms with van der Waals surface area (Å²) in [6.45, 7) is 0. The number of para-hydroxylation sites is 1. The Bertz CT molecular complexity index is 541. The molecule has 0 fully saturated rings. The normalized spacial score (nSPS) is 10.5. The number of nitrogen functional groups attached to an aromatic ring is 1. The van der Waals surface area contributed by atoms with Crippen molar-refractivity contribution in [1.82, 2.24) is 9.97 Å². The molecule has 18 heavy (non-hydrogen) atoms. The molecule has 6 nitrogen and oxygen atoms in total. The first kappa shape index (κ1) is 11.8. The summed E-state index contributed by atoms with van der Waals surface area (Å²) in [6, 6.07) is 9.64. The van der Waals surface area contributed by atoms with Gasteiger partial charge in [-0.2, -0.15) is 0 Å². The van der Waals surface area contributed by atoms with Crippen LogP contribution in [0.5, 0.6) is 0 Å². The fourth-order valence-electron chi connectivity index (χ4n) is 1.40. The lowest BCUT2D eigenvalue weighted by atomic mass is 10.2. The third-order valence-corrected chi connectivity index (χ3v) is 2.24. The van der Waals surface area contributed by atoms with Gasteiger partial charge in [-0.25, -0.2) is 9.97 Å². The smallest absolute Gasteiger partial charge is 0.144 e. The molecule has 92 valence electrons. The zero-order valence-corrected chi connectivity index (χ0v) is 9.87. The minimum Gasteiger partial charge on any atom is -0.399 e. The van der Waals surface area contributed by atoms with E-state index in [1.54, 1.807) is 0 Å². The van der Waals surface area contributed by atoms with Gasteiger partial charge < -0.3 is 15.9 Å². The summed E-state index contributed by atoms with van der Waals surface area (Å²) < 4.78 is 0. The summed E-state index contributed by atoms with van der Waals surface area (Å²) in [5.74, 6) is 0.915. The Labute approximate surface area is 105 Å². The van der Waals surface area contributed by atoms with Crippen molar-refractivity contribution in [3.05, 3.63) is 42.2 Å². The fraction of sp³-hybridized carbons (Fsp3) is 0.0833. The molecule has 1 aromatic heterocycles. The largest absolute Gasteiger partial charge is 0.399 e. The second kappa shape index (κ2) is 5.62. The highest BCUT2D eigenvalue weighted by atomic mass is 16.6. The number of hydrogen-bond donors (Lipinski definition) is 2. The molecule has 1 aromatic carbocycles. The number of rotatable bonds is 4. The highest BCUT2D eigenvalue weighted by molar-refractivity contribution is 5.92. The van der Waals surface area contributed by atoms with Crippen LogP contribution in [0.4, 0.5) is 17.3 Å². The zero-order valence-electron chi connectivity index (χ0n) is 9.87. The minimum atomic E-state index is 0.337. The lowest BCUT2D eigenvalue weighted by Crippen LogP contribution is -2.04. The van der Waals surface area contributed by atoms with Crippen LogP contribution in [0.25, 0.3) is 0 Å². The molecule has 0 radical (unpaired) electrons. The summed E-state index contributed by atoms with van der Waals surface area (Å²) >= 11 is 0. The summed E-state index contributed by atoms with van der Waals surface area (Å²) in [6.07, 6.45) is 2.87. The lowest BCUT2D eigenvalue weighted by Gasteiger charge is -2.08. The summed E-state index contributed by atoms with van der Waals surface area (Å²) in [4.78, 5) is 12.7. The van der Waals surface area contributed by atoms with E-state index in [9.17, 15) is 0 Å². The Morgan fingerprint density at radius 2 is 2.06 bits per heavy atom. The van der Waals surface area contributed by atoms with E-state index in [0.717, 1.165) is 5.69 Å². The van der Waals surface area contributed by atoms with Crippen molar-refractivity contribution in [2.45, 2.75) is 0 Å². The molecule has 0 unspecified atom stereocenters. The van der Waals surface area contributed by atoms with E-state index in [1.165, 1.54) is 19.7 Å². The molecule has 0 aliphatic rings. The number of nitrogens with one attached hydrogen (secondary N) is 1. The summed E-state index contributed by atoms with van der Waals surface area (Å²) in [5.41, 5.74) is 7.27. The molecule has 2 rings (SSSR count). The van der Waals surface area contributed by atoms with Crippen LogP contribution >= 0.6 is 0 Å². The van der Waals surface area contributed by atoms with Crippen LogP contribution in [0, 0.1) is 0 Å². The first-order valence-corrected chi connectivity index (χ1v) is 5.30. The van der Waals surface area contributed by atoms with Gasteiger partial charge in [0.15, 0.2) is 0 Å². The molecular formula is C12H13N5O. The second-order valence-electron chi connectivity index (χ2n) is 3.43. The van der Waals surface area contributed by atoms with Crippen molar-refractivity contribution >= 4 is 23.5 Å². The van der Waals surface area contributed by atoms with Gasteiger partial charge in [0, 0.05) is 5.69 Å². The molecule has 0 spiro atoms. The van der Waals surface area contributed by atoms with Gasteiger partial charge in [-0.05, 0) is 12.1 Å². The minimum absolute atomic E-state index is 0.337. The monoisotopic (exact) mass is 243 g/mol. The number of benzene rings is 1. The summed E-state index contributed by atoms with van der Waals surface area (Å²) in [7, 11) is 1.46. The average Bonchev–Trinajstić information content (AvgIpc) is 2.39. The molecule has 0 bridgehead atoms. The van der Waals surface area contributed by atoms with Crippen LogP contribution in [-0.2, 0) is 4.84 Å². The molecule has 6 heteroatoms. The number of nitrogens with zero attached hydrogens (tertiary/aromatic N) is 3. The van der Waals surface area contributed by atoms with Crippen LogP contribution in [0.2, 0.25) is 0 Å². The van der Waals surface area contributed by atoms with Crippen LogP contribution in [0.3, 0.4) is 0 Å². The SMILES string of the molecule is CON=Cc1c(N)ncnc1Nc1ccccc1. The molecule has 1 heterocycles. The van der Waals surface area contributed by atoms with Crippen molar-refractivity contribution in [2.24, 2.45) is 5.16 Å². The number of hydrogen-bond acceptors (Lipinski definition) is 6. The third kappa shape index (κ3) is 2.73. The van der Waals surface area contributed by atoms with Crippen LogP contribution in [0.1, 0.15) is 5.56 Å². The molecule has 0 saturated carbocycles. The average molecular weight is 243 g/mol. The topological polar surface area (TPSA) is 85.4 Å². The van der Waals surface area contributed by atoms with Gasteiger partial charge in [-0.3, -0.25) is 0 Å². The Kier molecular flexibility index (Phi) is 3.70. The number of oxime groups is 1. The van der Waals surface area contributed by atoms with E-state index in [-0.39, 0.29) is 0 Å². The fourth-order valence-corrected chi connectivity index (χ4v) is 1.40. The molecule has 0 aliphatic carbocycles. The van der Waals surface area contributed by atoms with Crippen molar-refractivity contribution in [3.63, 3.8) is 0 Å². The maximum Gasteiger partial charge on any atom is 0.144 e. The van der Waals surface area contributed by atoms with Crippen molar-refractivity contribution < 1.29 is 4.84 Å². The molecule has 2 aromatic rings. The van der Waals surface area contributed by atoms with Crippen LogP contribution in [-0.4, -0.2) is 23.3 Å². The Morgan fingerprint density at radius 1 is 1.28 bits per heavy atom.